The van der Waals surface area contributed by atoms with Gasteiger partial charge in [0.2, 0.25) is 0 Å². The number of aromatic nitrogens is 2. The number of benzene rings is 1. The number of rotatable bonds is 3. The lowest BCUT2D eigenvalue weighted by Crippen LogP contribution is -2.50. The third-order valence-electron chi connectivity index (χ3n) is 4.20. The van der Waals surface area contributed by atoms with Gasteiger partial charge in [-0.2, -0.15) is 5.10 Å². The maximum Gasteiger partial charge on any atom is 0.407 e. The first-order valence-electron chi connectivity index (χ1n) is 8.30. The zero-order valence-corrected chi connectivity index (χ0v) is 13.9. The standard InChI is InChI=1S/C17H20N4O4/c1-2-25-17(24)18-11-6-5-9-21(10-11)16(23)14-12-7-3-4-8-13(12)15(22)20-19-14/h3-4,7-8,11H,2,5-6,9-10H2,1H3,(H,18,24)(H,20,22). The quantitative estimate of drug-likeness (QED) is 0.873. The van der Waals surface area contributed by atoms with E-state index in [1.165, 1.54) is 0 Å². The van der Waals surface area contributed by atoms with Crippen LogP contribution in [0.4, 0.5) is 4.79 Å². The fourth-order valence-corrected chi connectivity index (χ4v) is 3.05. The number of amides is 2. The zero-order valence-electron chi connectivity index (χ0n) is 13.9. The van der Waals surface area contributed by atoms with Crippen LogP contribution in [0.5, 0.6) is 0 Å². The smallest absolute Gasteiger partial charge is 0.407 e. The monoisotopic (exact) mass is 344 g/mol. The van der Waals surface area contributed by atoms with Crippen LogP contribution >= 0.6 is 0 Å². The van der Waals surface area contributed by atoms with Gasteiger partial charge in [-0.25, -0.2) is 9.89 Å². The lowest BCUT2D eigenvalue weighted by Gasteiger charge is -2.32. The van der Waals surface area contributed by atoms with Gasteiger partial charge in [0.05, 0.1) is 12.0 Å². The lowest BCUT2D eigenvalue weighted by molar-refractivity contribution is 0.0681. The fourth-order valence-electron chi connectivity index (χ4n) is 3.05. The number of carbonyl (C=O) groups excluding carboxylic acids is 2. The molecule has 1 fully saturated rings. The number of hydrogen-bond acceptors (Lipinski definition) is 5. The molecule has 3 rings (SSSR count). The normalized spacial score (nSPS) is 17.3. The Morgan fingerprint density at radius 1 is 1.36 bits per heavy atom. The number of alkyl carbamates (subject to hydrolysis) is 1. The number of nitrogens with zero attached hydrogens (tertiary/aromatic N) is 2. The van der Waals surface area contributed by atoms with Gasteiger partial charge in [0, 0.05) is 24.5 Å². The van der Waals surface area contributed by atoms with Gasteiger partial charge in [0.15, 0.2) is 5.69 Å². The number of nitrogens with one attached hydrogen (secondary N) is 2. The predicted molar refractivity (Wildman–Crippen MR) is 91.4 cm³/mol. The minimum absolute atomic E-state index is 0.161. The molecule has 25 heavy (non-hydrogen) atoms. The molecule has 1 unspecified atom stereocenters. The maximum absolute atomic E-state index is 12.9. The SMILES string of the molecule is CCOC(=O)NC1CCCN(C(=O)c2n[nH]c(=O)c3ccccc23)C1. The molecule has 0 saturated carbocycles. The third-order valence-corrected chi connectivity index (χ3v) is 4.20. The molecule has 1 aromatic carbocycles. The predicted octanol–water partition coefficient (Wildman–Crippen LogP) is 1.27. The van der Waals surface area contributed by atoms with Crippen LogP contribution in [-0.4, -0.2) is 52.8 Å². The molecule has 1 aromatic heterocycles. The van der Waals surface area contributed by atoms with E-state index >= 15 is 0 Å². The van der Waals surface area contributed by atoms with E-state index in [-0.39, 0.29) is 23.2 Å². The number of carbonyl (C=O) groups is 2. The van der Waals surface area contributed by atoms with Crippen molar-refractivity contribution in [1.82, 2.24) is 20.4 Å². The van der Waals surface area contributed by atoms with E-state index in [1.54, 1.807) is 36.1 Å². The lowest BCUT2D eigenvalue weighted by atomic mass is 10.0. The molecule has 8 heteroatoms. The number of ether oxygens (including phenoxy) is 1. The molecule has 132 valence electrons. The van der Waals surface area contributed by atoms with Gasteiger partial charge in [-0.3, -0.25) is 9.59 Å². The van der Waals surface area contributed by atoms with E-state index < -0.39 is 6.09 Å². The average Bonchev–Trinajstić information content (AvgIpc) is 2.62. The second-order valence-corrected chi connectivity index (χ2v) is 5.90. The van der Waals surface area contributed by atoms with Gasteiger partial charge in [-0.15, -0.1) is 0 Å². The minimum atomic E-state index is -0.477. The maximum atomic E-state index is 12.9. The van der Waals surface area contributed by atoms with Crippen LogP contribution in [0.3, 0.4) is 0 Å². The second kappa shape index (κ2) is 7.33. The van der Waals surface area contributed by atoms with Crippen LogP contribution in [0.2, 0.25) is 0 Å². The number of H-pyrrole nitrogens is 1. The summed E-state index contributed by atoms with van der Waals surface area (Å²) in [6, 6.07) is 6.72. The van der Waals surface area contributed by atoms with Gasteiger partial charge in [0.1, 0.15) is 0 Å². The highest BCUT2D eigenvalue weighted by Crippen LogP contribution is 2.18. The number of fused-ring (bicyclic) bond motifs is 1. The summed E-state index contributed by atoms with van der Waals surface area (Å²) in [6.45, 7) is 3.00. The van der Waals surface area contributed by atoms with E-state index in [1.807, 2.05) is 0 Å². The summed E-state index contributed by atoms with van der Waals surface area (Å²) in [5.41, 5.74) is -0.111. The summed E-state index contributed by atoms with van der Waals surface area (Å²) >= 11 is 0. The van der Waals surface area contributed by atoms with Crippen LogP contribution in [0.1, 0.15) is 30.3 Å². The minimum Gasteiger partial charge on any atom is -0.450 e. The average molecular weight is 344 g/mol. The van der Waals surface area contributed by atoms with Crippen molar-refractivity contribution in [3.8, 4) is 0 Å². The van der Waals surface area contributed by atoms with E-state index in [4.69, 9.17) is 4.74 Å². The van der Waals surface area contributed by atoms with Crippen molar-refractivity contribution in [2.75, 3.05) is 19.7 Å². The van der Waals surface area contributed by atoms with Gasteiger partial charge in [-0.05, 0) is 25.8 Å². The van der Waals surface area contributed by atoms with Crippen LogP contribution in [0.25, 0.3) is 10.8 Å². The zero-order chi connectivity index (χ0) is 17.8. The molecule has 1 aliphatic rings. The van der Waals surface area contributed by atoms with Crippen LogP contribution < -0.4 is 10.9 Å². The fraction of sp³-hybridized carbons (Fsp3) is 0.412. The Morgan fingerprint density at radius 2 is 2.12 bits per heavy atom. The number of hydrogen-bond donors (Lipinski definition) is 2. The number of likely N-dealkylation sites (tertiary alicyclic amines) is 1. The molecule has 1 aliphatic heterocycles. The first kappa shape index (κ1) is 16.9. The van der Waals surface area contributed by atoms with E-state index in [0.29, 0.717) is 30.5 Å². The Morgan fingerprint density at radius 3 is 2.88 bits per heavy atom. The molecule has 0 spiro atoms. The van der Waals surface area contributed by atoms with Crippen molar-refractivity contribution in [3.05, 3.63) is 40.3 Å². The molecule has 1 saturated heterocycles. The van der Waals surface area contributed by atoms with E-state index in [9.17, 15) is 14.4 Å². The first-order chi connectivity index (χ1) is 12.1. The largest absolute Gasteiger partial charge is 0.450 e. The third kappa shape index (κ3) is 3.62. The number of aromatic amines is 1. The molecule has 2 N–H and O–H groups in total. The van der Waals surface area contributed by atoms with Crippen molar-refractivity contribution in [3.63, 3.8) is 0 Å². The van der Waals surface area contributed by atoms with Gasteiger partial charge in [-0.1, -0.05) is 18.2 Å². The first-order valence-corrected chi connectivity index (χ1v) is 8.30. The van der Waals surface area contributed by atoms with Crippen LogP contribution in [-0.2, 0) is 4.74 Å². The molecule has 8 nitrogen and oxygen atoms in total. The molecule has 2 aromatic rings. The summed E-state index contributed by atoms with van der Waals surface area (Å²) < 4.78 is 4.89. The highest BCUT2D eigenvalue weighted by molar-refractivity contribution is 6.04. The molecule has 2 heterocycles. The highest BCUT2D eigenvalue weighted by atomic mass is 16.5. The summed E-state index contributed by atoms with van der Waals surface area (Å²) in [5.74, 6) is -0.261. The Balaban J connectivity index is 1.80. The van der Waals surface area contributed by atoms with Crippen LogP contribution in [0, 0.1) is 0 Å². The summed E-state index contributed by atoms with van der Waals surface area (Å²) in [5, 5.41) is 10.1. The molecule has 2 amide bonds. The highest BCUT2D eigenvalue weighted by Gasteiger charge is 2.27. The van der Waals surface area contributed by atoms with Crippen molar-refractivity contribution in [2.45, 2.75) is 25.8 Å². The Kier molecular flexibility index (Phi) is 4.97. The van der Waals surface area contributed by atoms with Gasteiger partial charge >= 0.3 is 6.09 Å². The van der Waals surface area contributed by atoms with Crippen molar-refractivity contribution in [2.24, 2.45) is 0 Å². The Hall–Kier alpha value is -2.90. The van der Waals surface area contributed by atoms with Crippen molar-refractivity contribution >= 4 is 22.8 Å². The summed E-state index contributed by atoms with van der Waals surface area (Å²) in [7, 11) is 0. The molecule has 0 aliphatic carbocycles. The Bertz CT molecular complexity index is 848. The summed E-state index contributed by atoms with van der Waals surface area (Å²) in [6.07, 6.45) is 1.07. The van der Waals surface area contributed by atoms with Gasteiger partial charge in [0.25, 0.3) is 11.5 Å². The summed E-state index contributed by atoms with van der Waals surface area (Å²) in [4.78, 5) is 38.0. The second-order valence-electron chi connectivity index (χ2n) is 5.90. The topological polar surface area (TPSA) is 104 Å². The molecule has 0 radical (unpaired) electrons. The molecule has 1 atom stereocenters. The number of piperidine rings is 1. The van der Waals surface area contributed by atoms with Gasteiger partial charge < -0.3 is 15.0 Å². The van der Waals surface area contributed by atoms with Crippen LogP contribution in [0.15, 0.2) is 29.1 Å². The van der Waals surface area contributed by atoms with Crippen molar-refractivity contribution in [1.29, 1.82) is 0 Å². The molecule has 0 bridgehead atoms. The molecular formula is C17H20N4O4. The molecular weight excluding hydrogens is 324 g/mol. The van der Waals surface area contributed by atoms with Crippen molar-refractivity contribution < 1.29 is 14.3 Å². The Labute approximate surface area is 144 Å². The van der Waals surface area contributed by atoms with E-state index in [0.717, 1.165) is 12.8 Å². The van der Waals surface area contributed by atoms with E-state index in [2.05, 4.69) is 15.5 Å².